The number of nitrogen functional groups attached to an aromatic ring is 1. The summed E-state index contributed by atoms with van der Waals surface area (Å²) in [5.41, 5.74) is 8.43. The van der Waals surface area contributed by atoms with Gasteiger partial charge in [-0.2, -0.15) is 0 Å². The molecule has 3 aromatic rings. The van der Waals surface area contributed by atoms with E-state index in [9.17, 15) is 4.39 Å². The van der Waals surface area contributed by atoms with E-state index in [1.807, 2.05) is 12.1 Å². The molecule has 0 aliphatic carbocycles. The summed E-state index contributed by atoms with van der Waals surface area (Å²) in [7, 11) is 0. The van der Waals surface area contributed by atoms with E-state index in [0.717, 1.165) is 11.2 Å². The fraction of sp³-hybridized carbons (Fsp3) is 0. The van der Waals surface area contributed by atoms with Gasteiger partial charge in [-0.25, -0.2) is 9.37 Å². The van der Waals surface area contributed by atoms with Gasteiger partial charge in [0.15, 0.2) is 12.0 Å². The van der Waals surface area contributed by atoms with Crippen molar-refractivity contribution in [3.05, 3.63) is 48.6 Å². The maximum Gasteiger partial charge on any atom is 0.181 e. The van der Waals surface area contributed by atoms with Crippen LogP contribution in [0.2, 0.25) is 0 Å². The van der Waals surface area contributed by atoms with Gasteiger partial charge in [-0.1, -0.05) is 0 Å². The fourth-order valence-electron chi connectivity index (χ4n) is 1.70. The summed E-state index contributed by atoms with van der Waals surface area (Å²) in [5, 5.41) is 3.07. The molecule has 1 aromatic heterocycles. The molecule has 0 unspecified atom stereocenters. The first kappa shape index (κ1) is 10.6. The van der Waals surface area contributed by atoms with Crippen LogP contribution in [0, 0.1) is 5.82 Å². The highest BCUT2D eigenvalue weighted by molar-refractivity contribution is 5.78. The van der Waals surface area contributed by atoms with Crippen LogP contribution in [-0.4, -0.2) is 4.98 Å². The summed E-state index contributed by atoms with van der Waals surface area (Å²) >= 11 is 0. The van der Waals surface area contributed by atoms with Crippen LogP contribution in [0.4, 0.5) is 21.5 Å². The predicted octanol–water partition coefficient (Wildman–Crippen LogP) is 3.29. The second-order valence-electron chi connectivity index (χ2n) is 3.90. The van der Waals surface area contributed by atoms with Crippen LogP contribution in [0.5, 0.6) is 0 Å². The van der Waals surface area contributed by atoms with Crippen LogP contribution in [0.1, 0.15) is 0 Å². The SMILES string of the molecule is Nc1ccc(Nc2ccc3ncoc3c2)cc1F. The number of nitrogens with zero attached hydrogens (tertiary/aromatic N) is 1. The minimum absolute atomic E-state index is 0.131. The van der Waals surface area contributed by atoms with Crippen molar-refractivity contribution in [1.29, 1.82) is 0 Å². The number of fused-ring (bicyclic) bond motifs is 1. The molecular formula is C13H10FN3O. The molecule has 0 atom stereocenters. The molecule has 2 aromatic carbocycles. The number of rotatable bonds is 2. The van der Waals surface area contributed by atoms with E-state index >= 15 is 0 Å². The third-order valence-corrected chi connectivity index (χ3v) is 2.62. The van der Waals surface area contributed by atoms with Gasteiger partial charge in [0.2, 0.25) is 0 Å². The minimum Gasteiger partial charge on any atom is -0.443 e. The lowest BCUT2D eigenvalue weighted by atomic mass is 10.2. The van der Waals surface area contributed by atoms with E-state index in [1.54, 1.807) is 12.1 Å². The number of benzene rings is 2. The number of oxazole rings is 1. The summed E-state index contributed by atoms with van der Waals surface area (Å²) in [6, 6.07) is 10.1. The number of aromatic nitrogens is 1. The molecule has 18 heavy (non-hydrogen) atoms. The maximum absolute atomic E-state index is 13.3. The standard InChI is InChI=1S/C13H10FN3O/c14-10-5-8(1-3-11(10)15)17-9-2-4-12-13(6-9)18-7-16-12/h1-7,17H,15H2. The predicted molar refractivity (Wildman–Crippen MR) is 68.1 cm³/mol. The zero-order valence-electron chi connectivity index (χ0n) is 9.35. The van der Waals surface area contributed by atoms with Gasteiger partial charge >= 0.3 is 0 Å². The first-order valence-electron chi connectivity index (χ1n) is 5.38. The molecule has 5 heteroatoms. The average molecular weight is 243 g/mol. The Morgan fingerprint density at radius 3 is 2.72 bits per heavy atom. The Morgan fingerprint density at radius 2 is 1.89 bits per heavy atom. The average Bonchev–Trinajstić information content (AvgIpc) is 2.81. The second-order valence-corrected chi connectivity index (χ2v) is 3.90. The molecule has 0 aliphatic rings. The summed E-state index contributed by atoms with van der Waals surface area (Å²) in [6.07, 6.45) is 1.39. The van der Waals surface area contributed by atoms with Crippen LogP contribution in [0.15, 0.2) is 47.2 Å². The van der Waals surface area contributed by atoms with Crippen molar-refractivity contribution in [2.75, 3.05) is 11.1 Å². The summed E-state index contributed by atoms with van der Waals surface area (Å²) in [6.45, 7) is 0. The molecule has 3 rings (SSSR count). The number of anilines is 3. The van der Waals surface area contributed by atoms with Gasteiger partial charge in [-0.05, 0) is 30.3 Å². The van der Waals surface area contributed by atoms with Crippen LogP contribution >= 0.6 is 0 Å². The van der Waals surface area contributed by atoms with E-state index in [-0.39, 0.29) is 5.69 Å². The molecule has 0 radical (unpaired) electrons. The molecule has 0 saturated heterocycles. The van der Waals surface area contributed by atoms with Gasteiger partial charge in [-0.3, -0.25) is 0 Å². The molecule has 0 spiro atoms. The molecule has 0 amide bonds. The topological polar surface area (TPSA) is 64.1 Å². The smallest absolute Gasteiger partial charge is 0.181 e. The van der Waals surface area contributed by atoms with Crippen molar-refractivity contribution in [2.45, 2.75) is 0 Å². The highest BCUT2D eigenvalue weighted by atomic mass is 19.1. The van der Waals surface area contributed by atoms with E-state index < -0.39 is 5.82 Å². The number of halogens is 1. The van der Waals surface area contributed by atoms with Crippen molar-refractivity contribution in [1.82, 2.24) is 4.98 Å². The lowest BCUT2D eigenvalue weighted by Crippen LogP contribution is -1.94. The monoisotopic (exact) mass is 243 g/mol. The Labute approximate surface area is 102 Å². The molecule has 0 saturated carbocycles. The normalized spacial score (nSPS) is 10.7. The van der Waals surface area contributed by atoms with Crippen molar-refractivity contribution in [2.24, 2.45) is 0 Å². The zero-order chi connectivity index (χ0) is 12.5. The van der Waals surface area contributed by atoms with Crippen LogP contribution in [0.3, 0.4) is 0 Å². The Morgan fingerprint density at radius 1 is 1.11 bits per heavy atom. The van der Waals surface area contributed by atoms with Crippen molar-refractivity contribution in [3.63, 3.8) is 0 Å². The Kier molecular flexibility index (Phi) is 2.37. The number of hydrogen-bond acceptors (Lipinski definition) is 4. The van der Waals surface area contributed by atoms with Crippen molar-refractivity contribution >= 4 is 28.2 Å². The first-order valence-corrected chi connectivity index (χ1v) is 5.38. The first-order chi connectivity index (χ1) is 8.72. The third kappa shape index (κ3) is 1.86. The summed E-state index contributed by atoms with van der Waals surface area (Å²) < 4.78 is 18.5. The van der Waals surface area contributed by atoms with Gasteiger partial charge in [0, 0.05) is 17.4 Å². The number of hydrogen-bond donors (Lipinski definition) is 2. The third-order valence-electron chi connectivity index (χ3n) is 2.62. The lowest BCUT2D eigenvalue weighted by Gasteiger charge is -2.07. The van der Waals surface area contributed by atoms with Gasteiger partial charge in [0.1, 0.15) is 11.3 Å². The number of nitrogens with two attached hydrogens (primary N) is 1. The van der Waals surface area contributed by atoms with E-state index in [4.69, 9.17) is 10.2 Å². The minimum atomic E-state index is -0.444. The largest absolute Gasteiger partial charge is 0.443 e. The molecule has 0 bridgehead atoms. The highest BCUT2D eigenvalue weighted by Crippen LogP contribution is 2.23. The van der Waals surface area contributed by atoms with Gasteiger partial charge < -0.3 is 15.5 Å². The highest BCUT2D eigenvalue weighted by Gasteiger charge is 2.03. The Balaban J connectivity index is 1.92. The Hall–Kier alpha value is -2.56. The molecule has 4 nitrogen and oxygen atoms in total. The van der Waals surface area contributed by atoms with E-state index in [1.165, 1.54) is 18.5 Å². The Bertz CT molecular complexity index is 708. The van der Waals surface area contributed by atoms with Crippen molar-refractivity contribution < 1.29 is 8.81 Å². The summed E-state index contributed by atoms with van der Waals surface area (Å²) in [5.74, 6) is -0.444. The van der Waals surface area contributed by atoms with Gasteiger partial charge in [0.25, 0.3) is 0 Å². The zero-order valence-corrected chi connectivity index (χ0v) is 9.35. The molecule has 3 N–H and O–H groups in total. The van der Waals surface area contributed by atoms with Crippen LogP contribution in [-0.2, 0) is 0 Å². The van der Waals surface area contributed by atoms with E-state index in [0.29, 0.717) is 11.3 Å². The number of nitrogens with one attached hydrogen (secondary N) is 1. The molecule has 90 valence electrons. The molecular weight excluding hydrogens is 233 g/mol. The fourth-order valence-corrected chi connectivity index (χ4v) is 1.70. The van der Waals surface area contributed by atoms with Crippen LogP contribution < -0.4 is 11.1 Å². The maximum atomic E-state index is 13.3. The van der Waals surface area contributed by atoms with Crippen molar-refractivity contribution in [3.8, 4) is 0 Å². The quantitative estimate of drug-likeness (QED) is 0.678. The second kappa shape index (κ2) is 4.03. The van der Waals surface area contributed by atoms with Crippen LogP contribution in [0.25, 0.3) is 11.1 Å². The molecule has 0 fully saturated rings. The summed E-state index contributed by atoms with van der Waals surface area (Å²) in [4.78, 5) is 4.02. The van der Waals surface area contributed by atoms with Gasteiger partial charge in [0.05, 0.1) is 5.69 Å². The molecule has 0 aliphatic heterocycles. The molecule has 1 heterocycles. The van der Waals surface area contributed by atoms with E-state index in [2.05, 4.69) is 10.3 Å². The van der Waals surface area contributed by atoms with Gasteiger partial charge in [-0.15, -0.1) is 0 Å². The lowest BCUT2D eigenvalue weighted by molar-refractivity contribution is 0.602.